The average molecular weight is 248 g/mol. The van der Waals surface area contributed by atoms with Crippen molar-refractivity contribution >= 4 is 39.4 Å². The van der Waals surface area contributed by atoms with Gasteiger partial charge in [-0.2, -0.15) is 0 Å². The summed E-state index contributed by atoms with van der Waals surface area (Å²) in [4.78, 5) is 34.2. The second kappa shape index (κ2) is 5.41. The van der Waals surface area contributed by atoms with E-state index in [2.05, 4.69) is 0 Å². The van der Waals surface area contributed by atoms with Gasteiger partial charge in [0.15, 0.2) is 0 Å². The van der Waals surface area contributed by atoms with Gasteiger partial charge in [0.25, 0.3) is 0 Å². The lowest BCUT2D eigenvalue weighted by molar-refractivity contribution is -0.310. The summed E-state index contributed by atoms with van der Waals surface area (Å²) < 4.78 is 0. The first-order valence-corrected chi connectivity index (χ1v) is 7.02. The number of likely N-dealkylation sites (tertiary alicyclic amines) is 1. The highest BCUT2D eigenvalue weighted by Gasteiger charge is 2.35. The van der Waals surface area contributed by atoms with E-state index >= 15 is 0 Å². The number of amides is 2. The molecule has 0 aromatic carbocycles. The molecule has 0 aromatic heterocycles. The quantitative estimate of drug-likeness (QED) is 0.471. The summed E-state index contributed by atoms with van der Waals surface area (Å²) in [6, 6.07) is -1.13. The second-order valence-corrected chi connectivity index (χ2v) is 5.55. The van der Waals surface area contributed by atoms with Gasteiger partial charge in [-0.1, -0.05) is 21.6 Å². The molecule has 0 radical (unpaired) electrons. The fraction of sp³-hybridized carbons (Fsp3) is 0.625. The maximum Gasteiger partial charge on any atom is 0.230 e. The van der Waals surface area contributed by atoms with Crippen LogP contribution in [0.3, 0.4) is 0 Å². The van der Waals surface area contributed by atoms with Gasteiger partial charge in [-0.15, -0.1) is 0 Å². The number of carboxylic acid groups (broad SMARTS) is 1. The summed E-state index contributed by atoms with van der Waals surface area (Å²) in [6.07, 6.45) is 2.00. The molecule has 1 rings (SSSR count). The molecule has 1 aliphatic rings. The van der Waals surface area contributed by atoms with Gasteiger partial charge in [0.05, 0.1) is 12.0 Å². The van der Waals surface area contributed by atoms with Gasteiger partial charge in [-0.05, 0) is 6.26 Å². The van der Waals surface area contributed by atoms with E-state index in [9.17, 15) is 19.5 Å². The number of rotatable bonds is 5. The zero-order chi connectivity index (χ0) is 11.4. The molecule has 1 unspecified atom stereocenters. The molecule has 0 aromatic rings. The maximum absolute atomic E-state index is 11.3. The molecular formula is C8H10NO4S2-. The number of imide groups is 1. The number of hydrogen-bond donors (Lipinski definition) is 0. The molecule has 0 bridgehead atoms. The standard InChI is InChI=1S/C8H11NO4S2/c1-14-15-4-5(8(12)13)9-6(10)2-3-7(9)11/h5H,2-4H2,1H3,(H,12,13)/p-1. The minimum absolute atomic E-state index is 0.104. The van der Waals surface area contributed by atoms with Gasteiger partial charge in [0, 0.05) is 18.6 Å². The summed E-state index contributed by atoms with van der Waals surface area (Å²) in [5.74, 6) is -2.05. The van der Waals surface area contributed by atoms with Gasteiger partial charge in [0.2, 0.25) is 11.8 Å². The number of hydrogen-bond acceptors (Lipinski definition) is 6. The van der Waals surface area contributed by atoms with E-state index in [0.29, 0.717) is 0 Å². The van der Waals surface area contributed by atoms with Crippen LogP contribution in [0.5, 0.6) is 0 Å². The SMILES string of the molecule is CSSCC(C(=O)[O-])N1C(=O)CCC1=O. The van der Waals surface area contributed by atoms with Gasteiger partial charge >= 0.3 is 0 Å². The van der Waals surface area contributed by atoms with Gasteiger partial charge in [0.1, 0.15) is 0 Å². The van der Waals surface area contributed by atoms with E-state index in [4.69, 9.17) is 0 Å². The Balaban J connectivity index is 2.74. The fourth-order valence-electron chi connectivity index (χ4n) is 1.32. The van der Waals surface area contributed by atoms with Crippen molar-refractivity contribution in [2.24, 2.45) is 0 Å². The third-order valence-corrected chi connectivity index (χ3v) is 3.82. The Morgan fingerprint density at radius 3 is 2.40 bits per heavy atom. The molecule has 1 aliphatic heterocycles. The molecule has 2 amide bonds. The third kappa shape index (κ3) is 2.88. The highest BCUT2D eigenvalue weighted by molar-refractivity contribution is 8.76. The minimum atomic E-state index is -1.37. The Labute approximate surface area is 95.0 Å². The highest BCUT2D eigenvalue weighted by atomic mass is 33.1. The summed E-state index contributed by atoms with van der Waals surface area (Å²) in [5.41, 5.74) is 0. The third-order valence-electron chi connectivity index (χ3n) is 2.02. The number of carbonyl (C=O) groups is 3. The second-order valence-electron chi connectivity index (χ2n) is 2.94. The predicted molar refractivity (Wildman–Crippen MR) is 55.9 cm³/mol. The van der Waals surface area contributed by atoms with E-state index in [1.807, 2.05) is 0 Å². The van der Waals surface area contributed by atoms with Crippen LogP contribution in [-0.4, -0.2) is 40.7 Å². The van der Waals surface area contributed by atoms with E-state index < -0.39 is 23.8 Å². The molecule has 15 heavy (non-hydrogen) atoms. The molecule has 0 aliphatic carbocycles. The van der Waals surface area contributed by atoms with Crippen molar-refractivity contribution < 1.29 is 19.5 Å². The average Bonchev–Trinajstić information content (AvgIpc) is 2.49. The lowest BCUT2D eigenvalue weighted by atomic mass is 10.3. The van der Waals surface area contributed by atoms with E-state index in [1.165, 1.54) is 21.6 Å². The molecule has 1 atom stereocenters. The number of nitrogens with zero attached hydrogens (tertiary/aromatic N) is 1. The maximum atomic E-state index is 11.3. The van der Waals surface area contributed by atoms with Gasteiger partial charge in [-0.3, -0.25) is 14.5 Å². The minimum Gasteiger partial charge on any atom is -0.548 e. The Morgan fingerprint density at radius 2 is 2.00 bits per heavy atom. The molecule has 1 saturated heterocycles. The zero-order valence-electron chi connectivity index (χ0n) is 8.10. The van der Waals surface area contributed by atoms with Crippen LogP contribution in [0.15, 0.2) is 0 Å². The number of carbonyl (C=O) groups excluding carboxylic acids is 3. The van der Waals surface area contributed by atoms with Crippen molar-refractivity contribution in [3.8, 4) is 0 Å². The van der Waals surface area contributed by atoms with Crippen LogP contribution >= 0.6 is 21.6 Å². The smallest absolute Gasteiger partial charge is 0.230 e. The molecule has 1 heterocycles. The van der Waals surface area contributed by atoms with E-state index in [0.717, 1.165) is 4.90 Å². The van der Waals surface area contributed by atoms with E-state index in [-0.39, 0.29) is 18.6 Å². The highest BCUT2D eigenvalue weighted by Crippen LogP contribution is 2.23. The number of carboxylic acids is 1. The van der Waals surface area contributed by atoms with Crippen LogP contribution in [0, 0.1) is 0 Å². The lowest BCUT2D eigenvalue weighted by Crippen LogP contribution is -2.51. The van der Waals surface area contributed by atoms with Gasteiger partial charge < -0.3 is 9.90 Å². The molecular weight excluding hydrogens is 238 g/mol. The van der Waals surface area contributed by atoms with Crippen molar-refractivity contribution in [1.82, 2.24) is 4.90 Å². The Kier molecular flexibility index (Phi) is 4.46. The largest absolute Gasteiger partial charge is 0.548 e. The summed E-state index contributed by atoms with van der Waals surface area (Å²) in [7, 11) is 2.67. The first-order valence-electron chi connectivity index (χ1n) is 4.29. The van der Waals surface area contributed by atoms with Crippen LogP contribution in [-0.2, 0) is 14.4 Å². The molecule has 0 saturated carbocycles. The van der Waals surface area contributed by atoms with Crippen LogP contribution in [0.1, 0.15) is 12.8 Å². The van der Waals surface area contributed by atoms with Crippen molar-refractivity contribution in [3.05, 3.63) is 0 Å². The molecule has 7 heteroatoms. The Morgan fingerprint density at radius 1 is 1.47 bits per heavy atom. The van der Waals surface area contributed by atoms with Crippen molar-refractivity contribution in [1.29, 1.82) is 0 Å². The molecule has 0 spiro atoms. The van der Waals surface area contributed by atoms with Crippen molar-refractivity contribution in [2.75, 3.05) is 12.0 Å². The Bertz CT molecular complexity index is 278. The molecule has 84 valence electrons. The first-order chi connectivity index (χ1) is 7.07. The summed E-state index contributed by atoms with van der Waals surface area (Å²) in [6.45, 7) is 0. The molecule has 0 N–H and O–H groups in total. The normalized spacial score (nSPS) is 18.3. The van der Waals surface area contributed by atoms with Crippen LogP contribution in [0.25, 0.3) is 0 Å². The van der Waals surface area contributed by atoms with Crippen molar-refractivity contribution in [3.63, 3.8) is 0 Å². The van der Waals surface area contributed by atoms with Crippen LogP contribution < -0.4 is 5.11 Å². The van der Waals surface area contributed by atoms with Gasteiger partial charge in [-0.25, -0.2) is 0 Å². The Hall–Kier alpha value is -0.690. The molecule has 1 fully saturated rings. The van der Waals surface area contributed by atoms with Crippen LogP contribution in [0.4, 0.5) is 0 Å². The monoisotopic (exact) mass is 248 g/mol. The summed E-state index contributed by atoms with van der Waals surface area (Å²) in [5, 5.41) is 10.8. The topological polar surface area (TPSA) is 77.5 Å². The zero-order valence-corrected chi connectivity index (χ0v) is 9.73. The summed E-state index contributed by atoms with van der Waals surface area (Å²) >= 11 is 0. The fourth-order valence-corrected chi connectivity index (χ4v) is 2.67. The number of aliphatic carboxylic acids is 1. The van der Waals surface area contributed by atoms with E-state index in [1.54, 1.807) is 6.26 Å². The lowest BCUT2D eigenvalue weighted by Gasteiger charge is -2.26. The van der Waals surface area contributed by atoms with Crippen molar-refractivity contribution in [2.45, 2.75) is 18.9 Å². The predicted octanol–water partition coefficient (Wildman–Crippen LogP) is -0.735. The molecule has 5 nitrogen and oxygen atoms in total. The van der Waals surface area contributed by atoms with Crippen LogP contribution in [0.2, 0.25) is 0 Å². The first kappa shape index (κ1) is 12.4.